The van der Waals surface area contributed by atoms with E-state index in [0.29, 0.717) is 12.1 Å². The average molecular weight is 246 g/mol. The van der Waals surface area contributed by atoms with Crippen LogP contribution in [0.1, 0.15) is 44.3 Å². The molecule has 4 bridgehead atoms. The van der Waals surface area contributed by atoms with Crippen molar-refractivity contribution in [2.75, 3.05) is 6.54 Å². The van der Waals surface area contributed by atoms with Crippen LogP contribution in [0, 0.1) is 17.8 Å². The SMILES string of the molecule is NCCc1ncn(C23CC4CC(CC(C4)C2)C3)n1. The lowest BCUT2D eigenvalue weighted by Gasteiger charge is -2.56. The number of hydrogen-bond acceptors (Lipinski definition) is 3. The van der Waals surface area contributed by atoms with Crippen molar-refractivity contribution in [2.24, 2.45) is 23.5 Å². The fourth-order valence-electron chi connectivity index (χ4n) is 5.12. The summed E-state index contributed by atoms with van der Waals surface area (Å²) in [4.78, 5) is 4.43. The summed E-state index contributed by atoms with van der Waals surface area (Å²) in [6.07, 6.45) is 11.2. The zero-order chi connectivity index (χ0) is 12.2. The summed E-state index contributed by atoms with van der Waals surface area (Å²) in [5, 5.41) is 4.72. The van der Waals surface area contributed by atoms with E-state index in [1.807, 2.05) is 6.33 Å². The Morgan fingerprint density at radius 2 is 1.78 bits per heavy atom. The van der Waals surface area contributed by atoms with Crippen LogP contribution in [-0.2, 0) is 12.0 Å². The van der Waals surface area contributed by atoms with Crippen molar-refractivity contribution in [1.29, 1.82) is 0 Å². The predicted octanol–water partition coefficient (Wildman–Crippen LogP) is 1.70. The fourth-order valence-corrected chi connectivity index (χ4v) is 5.12. The van der Waals surface area contributed by atoms with Crippen LogP contribution in [0.2, 0.25) is 0 Å². The molecule has 18 heavy (non-hydrogen) atoms. The molecule has 98 valence electrons. The molecule has 2 N–H and O–H groups in total. The third kappa shape index (κ3) is 1.54. The monoisotopic (exact) mass is 246 g/mol. The van der Waals surface area contributed by atoms with Gasteiger partial charge in [-0.15, -0.1) is 0 Å². The summed E-state index contributed by atoms with van der Waals surface area (Å²) in [6, 6.07) is 0. The van der Waals surface area contributed by atoms with Gasteiger partial charge in [-0.25, -0.2) is 9.67 Å². The highest BCUT2D eigenvalue weighted by molar-refractivity contribution is 5.05. The van der Waals surface area contributed by atoms with Crippen molar-refractivity contribution in [2.45, 2.75) is 50.5 Å². The summed E-state index contributed by atoms with van der Waals surface area (Å²) >= 11 is 0. The second-order valence-electron chi connectivity index (χ2n) is 6.79. The van der Waals surface area contributed by atoms with E-state index in [1.54, 1.807) is 0 Å². The van der Waals surface area contributed by atoms with Gasteiger partial charge in [-0.2, -0.15) is 5.10 Å². The minimum absolute atomic E-state index is 0.314. The lowest BCUT2D eigenvalue weighted by atomic mass is 9.53. The Morgan fingerprint density at radius 3 is 2.33 bits per heavy atom. The molecule has 0 atom stereocenters. The maximum absolute atomic E-state index is 5.59. The molecule has 4 fully saturated rings. The summed E-state index contributed by atoms with van der Waals surface area (Å²) in [6.45, 7) is 0.644. The van der Waals surface area contributed by atoms with E-state index in [-0.39, 0.29) is 0 Å². The minimum Gasteiger partial charge on any atom is -0.330 e. The molecule has 1 aromatic heterocycles. The number of nitrogens with zero attached hydrogens (tertiary/aromatic N) is 3. The van der Waals surface area contributed by atoms with Crippen molar-refractivity contribution in [1.82, 2.24) is 14.8 Å². The van der Waals surface area contributed by atoms with E-state index >= 15 is 0 Å². The molecule has 0 spiro atoms. The molecule has 4 saturated carbocycles. The standard InChI is InChI=1S/C14H22N4/c15-2-1-13-16-9-18(17-13)14-6-10-3-11(7-14)5-12(4-10)8-14/h9-12H,1-8,15H2. The molecular formula is C14H22N4. The van der Waals surface area contributed by atoms with Crippen LogP contribution in [0.15, 0.2) is 6.33 Å². The maximum atomic E-state index is 5.59. The van der Waals surface area contributed by atoms with Crippen molar-refractivity contribution < 1.29 is 0 Å². The smallest absolute Gasteiger partial charge is 0.151 e. The molecule has 1 heterocycles. The second-order valence-corrected chi connectivity index (χ2v) is 6.79. The summed E-state index contributed by atoms with van der Waals surface area (Å²) in [7, 11) is 0. The number of hydrogen-bond donors (Lipinski definition) is 1. The van der Waals surface area contributed by atoms with Gasteiger partial charge in [-0.3, -0.25) is 0 Å². The Hall–Kier alpha value is -0.900. The molecule has 4 heteroatoms. The molecule has 5 rings (SSSR count). The van der Waals surface area contributed by atoms with Gasteiger partial charge in [0.05, 0.1) is 5.54 Å². The first kappa shape index (κ1) is 11.0. The van der Waals surface area contributed by atoms with Gasteiger partial charge >= 0.3 is 0 Å². The molecule has 4 nitrogen and oxygen atoms in total. The molecule has 1 aromatic rings. The maximum Gasteiger partial charge on any atom is 0.151 e. The first-order valence-corrected chi connectivity index (χ1v) is 7.38. The van der Waals surface area contributed by atoms with Crippen LogP contribution in [0.5, 0.6) is 0 Å². The highest BCUT2D eigenvalue weighted by atomic mass is 15.4. The molecule has 0 unspecified atom stereocenters. The fraction of sp³-hybridized carbons (Fsp3) is 0.857. The Bertz CT molecular complexity index is 415. The van der Waals surface area contributed by atoms with Gasteiger partial charge in [0.2, 0.25) is 0 Å². The molecule has 0 aliphatic heterocycles. The molecule has 0 aromatic carbocycles. The molecular weight excluding hydrogens is 224 g/mol. The molecule has 0 amide bonds. The van der Waals surface area contributed by atoms with Gasteiger partial charge in [0, 0.05) is 6.42 Å². The minimum atomic E-state index is 0.314. The largest absolute Gasteiger partial charge is 0.330 e. The Balaban J connectivity index is 1.66. The third-order valence-electron chi connectivity index (χ3n) is 5.40. The molecule has 4 aliphatic rings. The normalized spacial score (nSPS) is 41.5. The van der Waals surface area contributed by atoms with Gasteiger partial charge in [-0.1, -0.05) is 0 Å². The zero-order valence-corrected chi connectivity index (χ0v) is 10.9. The second kappa shape index (κ2) is 3.80. The third-order valence-corrected chi connectivity index (χ3v) is 5.40. The van der Waals surface area contributed by atoms with E-state index in [2.05, 4.69) is 9.67 Å². The topological polar surface area (TPSA) is 56.7 Å². The molecule has 4 aliphatic carbocycles. The van der Waals surface area contributed by atoms with Gasteiger partial charge in [0.15, 0.2) is 5.82 Å². The highest BCUT2D eigenvalue weighted by Crippen LogP contribution is 2.58. The van der Waals surface area contributed by atoms with Crippen molar-refractivity contribution >= 4 is 0 Å². The molecule has 0 saturated heterocycles. The summed E-state index contributed by atoms with van der Waals surface area (Å²) in [5.41, 5.74) is 5.90. The lowest BCUT2D eigenvalue weighted by Crippen LogP contribution is -2.52. The van der Waals surface area contributed by atoms with Gasteiger partial charge in [0.1, 0.15) is 6.33 Å². The molecule has 0 radical (unpaired) electrons. The zero-order valence-electron chi connectivity index (χ0n) is 10.9. The summed E-state index contributed by atoms with van der Waals surface area (Å²) < 4.78 is 2.21. The van der Waals surface area contributed by atoms with Gasteiger partial charge in [-0.05, 0) is 62.8 Å². The van der Waals surface area contributed by atoms with Crippen LogP contribution < -0.4 is 5.73 Å². The van der Waals surface area contributed by atoms with E-state index in [4.69, 9.17) is 10.8 Å². The van der Waals surface area contributed by atoms with Crippen LogP contribution in [-0.4, -0.2) is 21.3 Å². The van der Waals surface area contributed by atoms with Gasteiger partial charge < -0.3 is 5.73 Å². The average Bonchev–Trinajstić information content (AvgIpc) is 2.77. The first-order chi connectivity index (χ1) is 8.77. The number of rotatable bonds is 3. The van der Waals surface area contributed by atoms with Crippen molar-refractivity contribution in [3.05, 3.63) is 12.2 Å². The van der Waals surface area contributed by atoms with Crippen molar-refractivity contribution in [3.63, 3.8) is 0 Å². The number of aromatic nitrogens is 3. The quantitative estimate of drug-likeness (QED) is 0.883. The van der Waals surface area contributed by atoms with E-state index in [0.717, 1.165) is 30.0 Å². The lowest BCUT2D eigenvalue weighted by molar-refractivity contribution is -0.0497. The Kier molecular flexibility index (Phi) is 2.31. The van der Waals surface area contributed by atoms with Crippen LogP contribution in [0.25, 0.3) is 0 Å². The van der Waals surface area contributed by atoms with Crippen LogP contribution in [0.3, 0.4) is 0 Å². The highest BCUT2D eigenvalue weighted by Gasteiger charge is 2.52. The Labute approximate surface area is 108 Å². The van der Waals surface area contributed by atoms with Crippen LogP contribution in [0.4, 0.5) is 0 Å². The van der Waals surface area contributed by atoms with E-state index < -0.39 is 0 Å². The summed E-state index contributed by atoms with van der Waals surface area (Å²) in [5.74, 6) is 3.79. The van der Waals surface area contributed by atoms with E-state index in [1.165, 1.54) is 38.5 Å². The Morgan fingerprint density at radius 1 is 1.17 bits per heavy atom. The van der Waals surface area contributed by atoms with Crippen LogP contribution >= 0.6 is 0 Å². The van der Waals surface area contributed by atoms with E-state index in [9.17, 15) is 0 Å². The predicted molar refractivity (Wildman–Crippen MR) is 68.9 cm³/mol. The first-order valence-electron chi connectivity index (χ1n) is 7.38. The van der Waals surface area contributed by atoms with Crippen molar-refractivity contribution in [3.8, 4) is 0 Å². The number of nitrogens with two attached hydrogens (primary N) is 1. The van der Waals surface area contributed by atoms with Gasteiger partial charge in [0.25, 0.3) is 0 Å².